The Morgan fingerprint density at radius 1 is 1.27 bits per heavy atom. The van der Waals surface area contributed by atoms with Gasteiger partial charge in [0.25, 0.3) is 5.91 Å². The van der Waals surface area contributed by atoms with E-state index in [-0.39, 0.29) is 11.3 Å². The van der Waals surface area contributed by atoms with E-state index in [4.69, 9.17) is 0 Å². The number of aliphatic hydroxyl groups is 1. The van der Waals surface area contributed by atoms with E-state index in [0.29, 0.717) is 12.5 Å². The fourth-order valence-corrected chi connectivity index (χ4v) is 1.71. The molecule has 0 unspecified atom stereocenters. The van der Waals surface area contributed by atoms with Crippen molar-refractivity contribution in [2.45, 2.75) is 53.6 Å². The maximum Gasteiger partial charge on any atom is 0.251 e. The molecular weight excluding hydrogens is 190 g/mol. The van der Waals surface area contributed by atoms with Crippen molar-refractivity contribution in [3.63, 3.8) is 0 Å². The smallest absolute Gasteiger partial charge is 0.251 e. The number of hydrogen-bond donors (Lipinski definition) is 2. The van der Waals surface area contributed by atoms with Gasteiger partial charge in [0.15, 0.2) is 0 Å². The summed E-state index contributed by atoms with van der Waals surface area (Å²) >= 11 is 0. The van der Waals surface area contributed by atoms with Gasteiger partial charge in [0, 0.05) is 6.54 Å². The van der Waals surface area contributed by atoms with Gasteiger partial charge in [0.2, 0.25) is 0 Å². The lowest BCUT2D eigenvalue weighted by Crippen LogP contribution is -2.45. The number of carbonyl (C=O) groups is 1. The molecule has 0 aliphatic heterocycles. The summed E-state index contributed by atoms with van der Waals surface area (Å²) in [5, 5.41) is 12.2. The Labute approximate surface area is 93.3 Å². The molecule has 0 bridgehead atoms. The van der Waals surface area contributed by atoms with Gasteiger partial charge in [-0.3, -0.25) is 4.79 Å². The van der Waals surface area contributed by atoms with Crippen LogP contribution in [0.1, 0.15) is 48.0 Å². The van der Waals surface area contributed by atoms with Crippen molar-refractivity contribution in [2.24, 2.45) is 11.3 Å². The minimum atomic E-state index is -1.28. The van der Waals surface area contributed by atoms with E-state index < -0.39 is 5.60 Å². The van der Waals surface area contributed by atoms with Gasteiger partial charge in [-0.25, -0.2) is 0 Å². The van der Waals surface area contributed by atoms with Crippen molar-refractivity contribution in [1.82, 2.24) is 5.32 Å². The summed E-state index contributed by atoms with van der Waals surface area (Å²) < 4.78 is 0. The molecule has 0 aromatic carbocycles. The van der Waals surface area contributed by atoms with Crippen LogP contribution < -0.4 is 5.32 Å². The molecule has 0 aromatic heterocycles. The van der Waals surface area contributed by atoms with E-state index in [9.17, 15) is 9.90 Å². The van der Waals surface area contributed by atoms with Gasteiger partial charge in [-0.15, -0.1) is 0 Å². The topological polar surface area (TPSA) is 49.3 Å². The predicted octanol–water partition coefficient (Wildman–Crippen LogP) is 1.95. The third-order valence-corrected chi connectivity index (χ3v) is 2.24. The van der Waals surface area contributed by atoms with Gasteiger partial charge >= 0.3 is 0 Å². The molecule has 1 amide bonds. The minimum absolute atomic E-state index is 0.0784. The molecule has 0 rings (SSSR count). The summed E-state index contributed by atoms with van der Waals surface area (Å²) in [5.41, 5.74) is -1.21. The minimum Gasteiger partial charge on any atom is -0.381 e. The van der Waals surface area contributed by atoms with Crippen LogP contribution in [0, 0.1) is 11.3 Å². The first kappa shape index (κ1) is 14.4. The molecule has 0 heterocycles. The van der Waals surface area contributed by atoms with Gasteiger partial charge in [0.05, 0.1) is 0 Å². The summed E-state index contributed by atoms with van der Waals surface area (Å²) in [4.78, 5) is 11.4. The third kappa shape index (κ3) is 6.50. The second kappa shape index (κ2) is 4.97. The molecular formula is C12H25NO2. The highest BCUT2D eigenvalue weighted by atomic mass is 16.3. The first-order valence-electron chi connectivity index (χ1n) is 5.55. The van der Waals surface area contributed by atoms with Crippen molar-refractivity contribution in [3.8, 4) is 0 Å². The Morgan fingerprint density at radius 2 is 1.73 bits per heavy atom. The SMILES string of the molecule is CC(C)CC(C)(C)CNC(=O)C(C)(C)O. The van der Waals surface area contributed by atoms with Crippen LogP contribution in [-0.4, -0.2) is 23.2 Å². The zero-order chi connectivity index (χ0) is 12.3. The number of carbonyl (C=O) groups excluding carboxylic acids is 1. The second-order valence-electron chi connectivity index (χ2n) is 6.00. The molecule has 0 aliphatic carbocycles. The zero-order valence-electron chi connectivity index (χ0n) is 10.8. The van der Waals surface area contributed by atoms with E-state index in [1.54, 1.807) is 0 Å². The molecule has 0 radical (unpaired) electrons. The van der Waals surface area contributed by atoms with Gasteiger partial charge < -0.3 is 10.4 Å². The van der Waals surface area contributed by atoms with Gasteiger partial charge in [-0.1, -0.05) is 27.7 Å². The van der Waals surface area contributed by atoms with Gasteiger partial charge in [0.1, 0.15) is 5.60 Å². The molecule has 0 saturated carbocycles. The number of hydrogen-bond acceptors (Lipinski definition) is 2. The van der Waals surface area contributed by atoms with Crippen LogP contribution in [0.5, 0.6) is 0 Å². The summed E-state index contributed by atoms with van der Waals surface area (Å²) in [6.45, 7) is 12.2. The molecule has 15 heavy (non-hydrogen) atoms. The van der Waals surface area contributed by atoms with Gasteiger partial charge in [-0.05, 0) is 31.6 Å². The predicted molar refractivity (Wildman–Crippen MR) is 62.5 cm³/mol. The first-order chi connectivity index (χ1) is 6.54. The Bertz CT molecular complexity index is 214. The summed E-state index contributed by atoms with van der Waals surface area (Å²) in [7, 11) is 0. The summed E-state index contributed by atoms with van der Waals surface area (Å²) in [5.74, 6) is 0.304. The van der Waals surface area contributed by atoms with E-state index in [0.717, 1.165) is 6.42 Å². The largest absolute Gasteiger partial charge is 0.381 e. The van der Waals surface area contributed by atoms with Gasteiger partial charge in [-0.2, -0.15) is 0 Å². The average Bonchev–Trinajstić information content (AvgIpc) is 1.95. The molecule has 0 atom stereocenters. The van der Waals surface area contributed by atoms with Crippen LogP contribution in [-0.2, 0) is 4.79 Å². The highest BCUT2D eigenvalue weighted by Crippen LogP contribution is 2.24. The summed E-state index contributed by atoms with van der Waals surface area (Å²) in [6.07, 6.45) is 1.05. The van der Waals surface area contributed by atoms with Crippen LogP contribution in [0.2, 0.25) is 0 Å². The third-order valence-electron chi connectivity index (χ3n) is 2.24. The standard InChI is InChI=1S/C12H25NO2/c1-9(2)7-11(3,4)8-13-10(14)12(5,6)15/h9,15H,7-8H2,1-6H3,(H,13,14). The van der Waals surface area contributed by atoms with E-state index in [2.05, 4.69) is 33.0 Å². The highest BCUT2D eigenvalue weighted by Gasteiger charge is 2.26. The van der Waals surface area contributed by atoms with Crippen molar-refractivity contribution < 1.29 is 9.90 Å². The molecule has 2 N–H and O–H groups in total. The van der Waals surface area contributed by atoms with Crippen molar-refractivity contribution in [1.29, 1.82) is 0 Å². The maximum atomic E-state index is 11.4. The van der Waals surface area contributed by atoms with E-state index in [1.807, 2.05) is 0 Å². The van der Waals surface area contributed by atoms with Crippen LogP contribution >= 0.6 is 0 Å². The average molecular weight is 215 g/mol. The fourth-order valence-electron chi connectivity index (χ4n) is 1.71. The molecule has 0 spiro atoms. The highest BCUT2D eigenvalue weighted by molar-refractivity contribution is 5.83. The van der Waals surface area contributed by atoms with E-state index >= 15 is 0 Å². The normalized spacial score (nSPS) is 13.1. The van der Waals surface area contributed by atoms with Crippen molar-refractivity contribution in [2.75, 3.05) is 6.54 Å². The number of nitrogens with one attached hydrogen (secondary N) is 1. The van der Waals surface area contributed by atoms with Crippen LogP contribution in [0.4, 0.5) is 0 Å². The molecule has 0 aromatic rings. The Kier molecular flexibility index (Phi) is 4.78. The Hall–Kier alpha value is -0.570. The Balaban J connectivity index is 4.10. The molecule has 0 fully saturated rings. The monoisotopic (exact) mass is 215 g/mol. The molecule has 0 aliphatic rings. The van der Waals surface area contributed by atoms with Crippen LogP contribution in [0.3, 0.4) is 0 Å². The van der Waals surface area contributed by atoms with Crippen molar-refractivity contribution >= 4 is 5.91 Å². The molecule has 90 valence electrons. The second-order valence-corrected chi connectivity index (χ2v) is 6.00. The number of amides is 1. The first-order valence-corrected chi connectivity index (χ1v) is 5.55. The molecule has 3 heteroatoms. The molecule has 3 nitrogen and oxygen atoms in total. The lowest BCUT2D eigenvalue weighted by molar-refractivity contribution is -0.136. The van der Waals surface area contributed by atoms with E-state index in [1.165, 1.54) is 13.8 Å². The van der Waals surface area contributed by atoms with Crippen LogP contribution in [0.25, 0.3) is 0 Å². The van der Waals surface area contributed by atoms with Crippen LogP contribution in [0.15, 0.2) is 0 Å². The molecule has 0 saturated heterocycles. The summed E-state index contributed by atoms with van der Waals surface area (Å²) in [6, 6.07) is 0. The lowest BCUT2D eigenvalue weighted by atomic mass is 9.84. The lowest BCUT2D eigenvalue weighted by Gasteiger charge is -2.28. The quantitative estimate of drug-likeness (QED) is 0.736. The fraction of sp³-hybridized carbons (Fsp3) is 0.917. The Morgan fingerprint density at radius 3 is 2.07 bits per heavy atom. The zero-order valence-corrected chi connectivity index (χ0v) is 10.8. The van der Waals surface area contributed by atoms with Crippen molar-refractivity contribution in [3.05, 3.63) is 0 Å². The maximum absolute atomic E-state index is 11.4. The number of rotatable bonds is 5.